The van der Waals surface area contributed by atoms with E-state index in [1.165, 1.54) is 0 Å². The maximum Gasteiger partial charge on any atom is 0.414 e. The number of benzene rings is 1. The first-order valence-corrected chi connectivity index (χ1v) is 17.5. The third-order valence-electron chi connectivity index (χ3n) is 6.64. The van der Waals surface area contributed by atoms with Crippen LogP contribution in [0.4, 0.5) is 10.5 Å². The summed E-state index contributed by atoms with van der Waals surface area (Å²) in [5.74, 6) is -0.333. The van der Waals surface area contributed by atoms with Gasteiger partial charge in [-0.25, -0.2) is 4.79 Å². The summed E-state index contributed by atoms with van der Waals surface area (Å²) in [6.07, 6.45) is 3.09. The second-order valence-corrected chi connectivity index (χ2v) is 13.1. The fraction of sp³-hybridized carbons (Fsp3) is 0.607. The molecule has 0 radical (unpaired) electrons. The number of hydrogen-bond acceptors (Lipinski definition) is 7. The molecule has 0 saturated carbocycles. The lowest BCUT2D eigenvalue weighted by Gasteiger charge is -2.30. The van der Waals surface area contributed by atoms with Crippen molar-refractivity contribution in [2.24, 2.45) is 0 Å². The number of hydrogen-bond donors (Lipinski definition) is 4. The van der Waals surface area contributed by atoms with Crippen molar-refractivity contribution in [1.29, 1.82) is 0 Å². The van der Waals surface area contributed by atoms with E-state index in [1.54, 1.807) is 29.3 Å². The van der Waals surface area contributed by atoms with Crippen LogP contribution in [0.2, 0.25) is 5.02 Å². The smallest absolute Gasteiger partial charge is 0.414 e. The molecule has 0 bridgehead atoms. The van der Waals surface area contributed by atoms with Gasteiger partial charge in [0.25, 0.3) is 0 Å². The predicted molar refractivity (Wildman–Crippen MR) is 172 cm³/mol. The molecule has 2 aromatic rings. The fourth-order valence-corrected chi connectivity index (χ4v) is 5.82. The lowest BCUT2D eigenvalue weighted by molar-refractivity contribution is -0.121. The Morgan fingerprint density at radius 3 is 2.45 bits per heavy atom. The molecule has 0 aliphatic rings. The summed E-state index contributed by atoms with van der Waals surface area (Å²) in [5, 5.41) is 2.71. The van der Waals surface area contributed by atoms with Crippen molar-refractivity contribution >= 4 is 56.6 Å². The van der Waals surface area contributed by atoms with Gasteiger partial charge in [-0.1, -0.05) is 39.3 Å². The molecule has 0 aliphatic heterocycles. The van der Waals surface area contributed by atoms with Crippen LogP contribution in [0.1, 0.15) is 66.7 Å². The van der Waals surface area contributed by atoms with E-state index in [2.05, 4.69) is 29.0 Å². The van der Waals surface area contributed by atoms with E-state index in [0.29, 0.717) is 16.2 Å². The van der Waals surface area contributed by atoms with Crippen LogP contribution in [0.5, 0.6) is 0 Å². The zero-order chi connectivity index (χ0) is 31.7. The average Bonchev–Trinajstić information content (AvgIpc) is 2.96. The highest BCUT2D eigenvalue weighted by atomic mass is 35.5. The monoisotopic (exact) mass is 648 g/mol. The summed E-state index contributed by atoms with van der Waals surface area (Å²) in [6, 6.07) is 6.95. The molecule has 1 aromatic carbocycles. The largest absolute Gasteiger partial charge is 0.449 e. The van der Waals surface area contributed by atoms with Crippen molar-refractivity contribution < 1.29 is 33.6 Å². The minimum atomic E-state index is -4.41. The first kappa shape index (κ1) is 38.2. The van der Waals surface area contributed by atoms with Gasteiger partial charge in [-0.3, -0.25) is 19.2 Å². The molecular formula is C28H47ClN4O7P2. The number of nitrogens with one attached hydrogen (secondary N) is 1. The second kappa shape index (κ2) is 20.2. The van der Waals surface area contributed by atoms with E-state index in [9.17, 15) is 23.9 Å². The van der Waals surface area contributed by atoms with Gasteiger partial charge in [0.15, 0.2) is 0 Å². The zero-order valence-electron chi connectivity index (χ0n) is 25.3. The van der Waals surface area contributed by atoms with Crippen LogP contribution in [-0.2, 0) is 14.1 Å². The minimum Gasteiger partial charge on any atom is -0.449 e. The Balaban J connectivity index is 0.00000431. The van der Waals surface area contributed by atoms with Crippen LogP contribution in [-0.4, -0.2) is 80.8 Å². The van der Waals surface area contributed by atoms with Gasteiger partial charge in [0, 0.05) is 44.4 Å². The number of carbonyl (C=O) groups excluding carboxylic acids is 2. The maximum atomic E-state index is 13.4. The van der Waals surface area contributed by atoms with E-state index in [4.69, 9.17) is 21.2 Å². The SMILES string of the molecule is CC.CCN(CC)CCCC(C)N(C(=O)OCCCC(=O)NCCC(PO)P(=O)(O)O)c1ccnc2cc(Cl)ccc12. The molecule has 0 fully saturated rings. The fourth-order valence-electron chi connectivity index (χ4n) is 4.32. The maximum absolute atomic E-state index is 13.4. The highest BCUT2D eigenvalue weighted by molar-refractivity contribution is 7.63. The number of anilines is 1. The quantitative estimate of drug-likeness (QED) is 0.124. The number of ether oxygens (including phenoxy) is 1. The molecular weight excluding hydrogens is 602 g/mol. The molecule has 14 heteroatoms. The van der Waals surface area contributed by atoms with E-state index in [1.807, 2.05) is 26.8 Å². The summed E-state index contributed by atoms with van der Waals surface area (Å²) in [7, 11) is -5.33. The number of rotatable bonds is 17. The van der Waals surface area contributed by atoms with Crippen LogP contribution >= 0.6 is 28.0 Å². The van der Waals surface area contributed by atoms with Crippen LogP contribution in [0.25, 0.3) is 10.9 Å². The second-order valence-electron chi connectivity index (χ2n) is 9.47. The molecule has 238 valence electrons. The topological polar surface area (TPSA) is 153 Å². The lowest BCUT2D eigenvalue weighted by Crippen LogP contribution is -2.40. The highest BCUT2D eigenvalue weighted by Crippen LogP contribution is 2.50. The molecule has 0 spiro atoms. The van der Waals surface area contributed by atoms with Gasteiger partial charge in [0.2, 0.25) is 5.91 Å². The Morgan fingerprint density at radius 2 is 1.83 bits per heavy atom. The first-order chi connectivity index (χ1) is 20.0. The third kappa shape index (κ3) is 12.8. The molecule has 42 heavy (non-hydrogen) atoms. The van der Waals surface area contributed by atoms with Crippen LogP contribution in [0.3, 0.4) is 0 Å². The van der Waals surface area contributed by atoms with E-state index in [-0.39, 0.29) is 44.4 Å². The summed E-state index contributed by atoms with van der Waals surface area (Å²) in [4.78, 5) is 61.4. The number of pyridine rings is 1. The van der Waals surface area contributed by atoms with E-state index >= 15 is 0 Å². The van der Waals surface area contributed by atoms with Crippen molar-refractivity contribution in [3.8, 4) is 0 Å². The Bertz CT molecular complexity index is 1150. The van der Waals surface area contributed by atoms with Crippen molar-refractivity contribution in [2.45, 2.75) is 78.2 Å². The molecule has 2 amide bonds. The van der Waals surface area contributed by atoms with Gasteiger partial charge in [-0.05, 0) is 76.5 Å². The van der Waals surface area contributed by atoms with E-state index < -0.39 is 27.9 Å². The third-order valence-corrected chi connectivity index (χ3v) is 9.89. The van der Waals surface area contributed by atoms with Gasteiger partial charge in [-0.15, -0.1) is 0 Å². The Hall–Kier alpha value is -1.84. The molecule has 1 heterocycles. The van der Waals surface area contributed by atoms with Gasteiger partial charge in [-0.2, -0.15) is 0 Å². The normalized spacial score (nSPS) is 13.1. The van der Waals surface area contributed by atoms with Crippen molar-refractivity contribution in [1.82, 2.24) is 15.2 Å². The molecule has 2 rings (SSSR count). The number of amides is 2. The van der Waals surface area contributed by atoms with Crippen molar-refractivity contribution in [2.75, 3.05) is 37.7 Å². The van der Waals surface area contributed by atoms with Gasteiger partial charge in [0.05, 0.1) is 17.8 Å². The minimum absolute atomic E-state index is 0.0207. The molecule has 1 aromatic heterocycles. The number of fused-ring (bicyclic) bond motifs is 1. The van der Waals surface area contributed by atoms with Crippen molar-refractivity contribution in [3.05, 3.63) is 35.5 Å². The number of carbonyl (C=O) groups is 2. The summed E-state index contributed by atoms with van der Waals surface area (Å²) in [6.45, 7) is 13.1. The molecule has 4 N–H and O–H groups in total. The Morgan fingerprint density at radius 1 is 1.14 bits per heavy atom. The first-order valence-electron chi connectivity index (χ1n) is 14.5. The van der Waals surface area contributed by atoms with E-state index in [0.717, 1.165) is 37.9 Å². The molecule has 3 unspecified atom stereocenters. The average molecular weight is 649 g/mol. The van der Waals surface area contributed by atoms with Crippen LogP contribution in [0.15, 0.2) is 30.5 Å². The lowest BCUT2D eigenvalue weighted by atomic mass is 10.1. The number of aromatic nitrogens is 1. The standard InChI is InChI=1S/C26H41ClN4O7P2.C2H6/c1-4-30(5-2)16-6-8-19(3)31(23-12-14-28-22-18-20(27)10-11-21(22)23)26(33)38-17-7-9-24(32)29-15-13-25(39-34)40(35,36)37;1-2/h10-12,14,18-19,25,34,39H,4-9,13,15-17H2,1-3H3,(H,29,32)(H2,35,36,37);1-2H3. The van der Waals surface area contributed by atoms with Gasteiger partial charge < -0.3 is 29.6 Å². The summed E-state index contributed by atoms with van der Waals surface area (Å²) >= 11 is 6.16. The molecule has 0 saturated heterocycles. The number of halogens is 1. The zero-order valence-corrected chi connectivity index (χ0v) is 27.9. The van der Waals surface area contributed by atoms with Crippen LogP contribution in [0, 0.1) is 0 Å². The summed E-state index contributed by atoms with van der Waals surface area (Å²) in [5.41, 5.74) is 1.33. The highest BCUT2D eigenvalue weighted by Gasteiger charge is 2.28. The van der Waals surface area contributed by atoms with Crippen molar-refractivity contribution in [3.63, 3.8) is 0 Å². The molecule has 11 nitrogen and oxygen atoms in total. The Kier molecular flexibility index (Phi) is 18.3. The number of nitrogens with zero attached hydrogens (tertiary/aromatic N) is 3. The van der Waals surface area contributed by atoms with Gasteiger partial charge >= 0.3 is 13.7 Å². The molecule has 0 aliphatic carbocycles. The van der Waals surface area contributed by atoms with Gasteiger partial charge in [0.1, 0.15) is 5.40 Å². The summed E-state index contributed by atoms with van der Waals surface area (Å²) < 4.78 is 16.9. The van der Waals surface area contributed by atoms with Crippen LogP contribution < -0.4 is 10.2 Å². The predicted octanol–water partition coefficient (Wildman–Crippen LogP) is 5.74. The Labute approximate surface area is 256 Å². The molecule has 3 atom stereocenters.